The largest absolute Gasteiger partial charge is 0.480 e. The number of aliphatic hydroxyl groups is 4. The molecule has 3 aliphatic heterocycles. The monoisotopic (exact) mass is 945 g/mol. The van der Waals surface area contributed by atoms with E-state index in [0.717, 1.165) is 16.8 Å². The van der Waals surface area contributed by atoms with Crippen molar-refractivity contribution in [2.45, 2.75) is 132 Å². The van der Waals surface area contributed by atoms with Crippen LogP contribution >= 0.6 is 0 Å². The summed E-state index contributed by atoms with van der Waals surface area (Å²) in [6, 6.07) is -7.11. The summed E-state index contributed by atoms with van der Waals surface area (Å²) in [6.07, 6.45) is -14.3. The summed E-state index contributed by atoms with van der Waals surface area (Å²) >= 11 is 0. The molecule has 7 unspecified atom stereocenters. The fourth-order valence-electron chi connectivity index (χ4n) is 7.59. The van der Waals surface area contributed by atoms with Gasteiger partial charge in [0.25, 0.3) is 5.56 Å². The molecule has 1 aromatic rings. The number of aliphatic hydroxyl groups excluding tert-OH is 4. The van der Waals surface area contributed by atoms with Gasteiger partial charge in [-0.1, -0.05) is 27.7 Å². The molecule has 3 aliphatic rings. The number of aliphatic carboxylic acids is 2. The fraction of sp³-hybridized carbons (Fsp3) is 0.737. The minimum atomic E-state index is -1.91. The van der Waals surface area contributed by atoms with Crippen molar-refractivity contribution in [3.8, 4) is 0 Å². The Morgan fingerprint density at radius 3 is 2.18 bits per heavy atom. The smallest absolute Gasteiger partial charge is 0.330 e. The molecule has 0 radical (unpaired) electrons. The highest BCUT2D eigenvalue weighted by Gasteiger charge is 2.54. The molecule has 0 spiro atoms. The first-order valence-electron chi connectivity index (χ1n) is 21.2. The van der Waals surface area contributed by atoms with Crippen molar-refractivity contribution in [1.29, 1.82) is 0 Å². The van der Waals surface area contributed by atoms with Gasteiger partial charge >= 0.3 is 23.7 Å². The normalized spacial score (nSPS) is 28.0. The molecule has 0 bridgehead atoms. The molecule has 15 atom stereocenters. The molecule has 372 valence electrons. The van der Waals surface area contributed by atoms with E-state index in [0.29, 0.717) is 0 Å². The van der Waals surface area contributed by atoms with Gasteiger partial charge in [0.1, 0.15) is 66.9 Å². The SMILES string of the molecule is CO[C@H]1[C@H](OC(C(NCCCNC(=O)C(NC(=O)C(NC(=O)NC(C(=O)O)C(C)C)C2CCN=C(N)N2)C(O)C(C)C)C(=O)O)[C@H]2O[C@@H](n3ccc(=O)[nH]c3=O)[C@H](O)[C@@H]2O)O[C@H](CN)[C@H]1O. The van der Waals surface area contributed by atoms with Gasteiger partial charge in [-0.3, -0.25) is 33.7 Å². The van der Waals surface area contributed by atoms with Crippen LogP contribution in [0.3, 0.4) is 0 Å². The fourth-order valence-corrected chi connectivity index (χ4v) is 7.59. The number of hydrogen-bond acceptors (Lipinski definition) is 20. The number of aliphatic imine (C=N–C) groups is 1. The van der Waals surface area contributed by atoms with Crippen LogP contribution in [-0.4, -0.2) is 195 Å². The minimum absolute atomic E-state index is 0.0169. The summed E-state index contributed by atoms with van der Waals surface area (Å²) < 4.78 is 23.8. The zero-order chi connectivity index (χ0) is 49.2. The number of carboxylic acid groups (broad SMARTS) is 2. The maximum absolute atomic E-state index is 13.9. The van der Waals surface area contributed by atoms with Crippen LogP contribution in [-0.2, 0) is 38.1 Å². The third-order valence-electron chi connectivity index (χ3n) is 11.3. The second-order valence-electron chi connectivity index (χ2n) is 16.7. The highest BCUT2D eigenvalue weighted by Crippen LogP contribution is 2.35. The Hall–Kier alpha value is -5.30. The van der Waals surface area contributed by atoms with Crippen molar-refractivity contribution in [2.75, 3.05) is 33.3 Å². The first-order valence-corrected chi connectivity index (χ1v) is 21.2. The Morgan fingerprint density at radius 2 is 1.61 bits per heavy atom. The number of carbonyl (C=O) groups excluding carboxylic acids is 3. The number of amides is 4. The van der Waals surface area contributed by atoms with E-state index in [9.17, 15) is 64.2 Å². The van der Waals surface area contributed by atoms with Crippen LogP contribution in [0.2, 0.25) is 0 Å². The van der Waals surface area contributed by atoms with Crippen molar-refractivity contribution < 1.29 is 73.6 Å². The van der Waals surface area contributed by atoms with Gasteiger partial charge in [0, 0.05) is 39.0 Å². The van der Waals surface area contributed by atoms with Crippen LogP contribution in [0.5, 0.6) is 0 Å². The second-order valence-corrected chi connectivity index (χ2v) is 16.7. The van der Waals surface area contributed by atoms with E-state index in [-0.39, 0.29) is 45.0 Å². The molecule has 4 rings (SSSR count). The van der Waals surface area contributed by atoms with Gasteiger partial charge in [0.15, 0.2) is 18.5 Å². The Kier molecular flexibility index (Phi) is 19.3. The highest BCUT2D eigenvalue weighted by molar-refractivity contribution is 5.94. The highest BCUT2D eigenvalue weighted by atomic mass is 16.7. The zero-order valence-electron chi connectivity index (χ0n) is 36.9. The quantitative estimate of drug-likeness (QED) is 0.0453. The molecule has 28 heteroatoms. The predicted octanol–water partition coefficient (Wildman–Crippen LogP) is -6.90. The molecule has 0 aliphatic carbocycles. The number of nitrogens with two attached hydrogens (primary N) is 2. The summed E-state index contributed by atoms with van der Waals surface area (Å²) in [5.74, 6) is -5.85. The first kappa shape index (κ1) is 53.3. The molecule has 4 amide bonds. The lowest BCUT2D eigenvalue weighted by molar-refractivity contribution is -0.231. The molecule has 2 fully saturated rings. The maximum Gasteiger partial charge on any atom is 0.330 e. The topological polar surface area (TPSA) is 435 Å². The number of H-pyrrole nitrogens is 1. The second kappa shape index (κ2) is 23.9. The Balaban J connectivity index is 1.50. The molecule has 66 heavy (non-hydrogen) atoms. The summed E-state index contributed by atoms with van der Waals surface area (Å²) in [5, 5.41) is 79.5. The van der Waals surface area contributed by atoms with Gasteiger partial charge < -0.3 is 93.0 Å². The Morgan fingerprint density at radius 1 is 0.924 bits per heavy atom. The predicted molar refractivity (Wildman–Crippen MR) is 226 cm³/mol. The van der Waals surface area contributed by atoms with Crippen molar-refractivity contribution in [1.82, 2.24) is 41.5 Å². The lowest BCUT2D eigenvalue weighted by atomic mass is 9.97. The molecule has 17 N–H and O–H groups in total. The third kappa shape index (κ3) is 13.2. The average molecular weight is 946 g/mol. The number of methoxy groups -OCH3 is 1. The van der Waals surface area contributed by atoms with E-state index in [1.165, 1.54) is 7.11 Å². The molecular formula is C38H63N11O17. The number of aromatic amines is 1. The standard InChI is InChI=1S/C38H63N11O17/c1-14(2)19(33(57)58)47-37(61)48-20(16-7-11-43-36(40)44-16)31(56)46-21(23(51)15(3)4)30(55)42-10-6-9-41-22(34(59)60)27(66-35-29(63-5)24(52)17(13-39)64-35)28-25(53)26(54)32(65-28)49-12-8-18(50)45-38(49)62/h8,12,14-17,19-29,32,35,41,51-54H,6-7,9-11,13,39H2,1-5H3,(H,42,55)(H,46,56)(H,57,58)(H,59,60)(H3,40,43,44)(H,45,50,62)(H2,47,48,61)/t16?,17-,19?,20?,21?,22?,23?,24-,25+,26-,27?,28+,29-,32-,35+/m1/s1. The van der Waals surface area contributed by atoms with Crippen molar-refractivity contribution >= 4 is 35.7 Å². The van der Waals surface area contributed by atoms with Crippen LogP contribution in [0.25, 0.3) is 0 Å². The average Bonchev–Trinajstić information content (AvgIpc) is 3.72. The van der Waals surface area contributed by atoms with Crippen LogP contribution < -0.4 is 54.6 Å². The van der Waals surface area contributed by atoms with Crippen LogP contribution in [0, 0.1) is 11.8 Å². The van der Waals surface area contributed by atoms with Crippen LogP contribution in [0.4, 0.5) is 4.79 Å². The summed E-state index contributed by atoms with van der Waals surface area (Å²) in [4.78, 5) is 95.6. The molecule has 0 saturated carbocycles. The first-order chi connectivity index (χ1) is 31.1. The molecular weight excluding hydrogens is 882 g/mol. The number of guanidine groups is 1. The van der Waals surface area contributed by atoms with Gasteiger partial charge in [0.05, 0.1) is 12.1 Å². The summed E-state index contributed by atoms with van der Waals surface area (Å²) in [6.45, 7) is 5.89. The maximum atomic E-state index is 13.9. The van der Waals surface area contributed by atoms with Crippen LogP contribution in [0.15, 0.2) is 26.8 Å². The van der Waals surface area contributed by atoms with Gasteiger partial charge in [0.2, 0.25) is 11.8 Å². The van der Waals surface area contributed by atoms with Crippen molar-refractivity contribution in [2.24, 2.45) is 28.3 Å². The molecule has 1 aromatic heterocycles. The van der Waals surface area contributed by atoms with E-state index in [1.807, 2.05) is 4.98 Å². The number of aromatic nitrogens is 2. The number of ether oxygens (including phenoxy) is 4. The number of carboxylic acids is 2. The van der Waals surface area contributed by atoms with Crippen molar-refractivity contribution in [3.05, 3.63) is 33.1 Å². The van der Waals surface area contributed by atoms with E-state index >= 15 is 0 Å². The van der Waals surface area contributed by atoms with Gasteiger partial charge in [-0.2, -0.15) is 0 Å². The van der Waals surface area contributed by atoms with Crippen molar-refractivity contribution in [3.63, 3.8) is 0 Å². The van der Waals surface area contributed by atoms with E-state index in [2.05, 4.69) is 36.9 Å². The summed E-state index contributed by atoms with van der Waals surface area (Å²) in [7, 11) is 1.22. The Bertz CT molecular complexity index is 1990. The van der Waals surface area contributed by atoms with E-state index < -0.39 is 144 Å². The number of rotatable bonds is 23. The summed E-state index contributed by atoms with van der Waals surface area (Å²) in [5.41, 5.74) is 9.80. The zero-order valence-corrected chi connectivity index (χ0v) is 36.9. The number of carbonyl (C=O) groups is 5. The number of hydrogen-bond donors (Lipinski definition) is 15. The lowest BCUT2D eigenvalue weighted by Gasteiger charge is -2.34. The third-order valence-corrected chi connectivity index (χ3v) is 11.3. The van der Waals surface area contributed by atoms with E-state index in [4.69, 9.17) is 30.4 Å². The number of nitrogens with zero attached hydrogens (tertiary/aromatic N) is 2. The van der Waals surface area contributed by atoms with Gasteiger partial charge in [-0.15, -0.1) is 0 Å². The lowest BCUT2D eigenvalue weighted by Crippen LogP contribution is -2.66. The molecule has 0 aromatic carbocycles. The van der Waals surface area contributed by atoms with Crippen LogP contribution in [0.1, 0.15) is 46.8 Å². The number of nitrogens with one attached hydrogen (secondary N) is 7. The number of urea groups is 1. The molecule has 4 heterocycles. The van der Waals surface area contributed by atoms with E-state index in [1.54, 1.807) is 27.7 Å². The van der Waals surface area contributed by atoms with Gasteiger partial charge in [-0.05, 0) is 31.2 Å². The molecule has 2 saturated heterocycles. The molecule has 28 nitrogen and oxygen atoms in total. The van der Waals surface area contributed by atoms with Gasteiger partial charge in [-0.25, -0.2) is 14.4 Å². The minimum Gasteiger partial charge on any atom is -0.480 e. The Labute approximate surface area is 377 Å².